The Morgan fingerprint density at radius 2 is 2.30 bits per heavy atom. The molecule has 20 heavy (non-hydrogen) atoms. The predicted octanol–water partition coefficient (Wildman–Crippen LogP) is 1.95. The van der Waals surface area contributed by atoms with Crippen LogP contribution >= 0.6 is 0 Å². The Labute approximate surface area is 120 Å². The van der Waals surface area contributed by atoms with Crippen LogP contribution in [-0.2, 0) is 11.2 Å². The number of hydrogen-bond acceptors (Lipinski definition) is 3. The SMILES string of the molecule is COCCN=C(NCCc1ccco1)NC1CCCC1. The fourth-order valence-corrected chi connectivity index (χ4v) is 2.42. The highest BCUT2D eigenvalue weighted by Gasteiger charge is 2.15. The van der Waals surface area contributed by atoms with Gasteiger partial charge in [-0.05, 0) is 25.0 Å². The van der Waals surface area contributed by atoms with E-state index in [0.29, 0.717) is 19.2 Å². The molecule has 0 atom stereocenters. The Morgan fingerprint density at radius 1 is 1.45 bits per heavy atom. The van der Waals surface area contributed by atoms with Gasteiger partial charge in [0, 0.05) is 26.1 Å². The normalized spacial score (nSPS) is 16.6. The second-order valence-electron chi connectivity index (χ2n) is 5.10. The van der Waals surface area contributed by atoms with Crippen LogP contribution in [0.5, 0.6) is 0 Å². The molecule has 0 saturated heterocycles. The number of nitrogens with zero attached hydrogens (tertiary/aromatic N) is 1. The van der Waals surface area contributed by atoms with Gasteiger partial charge >= 0.3 is 0 Å². The number of ether oxygens (including phenoxy) is 1. The number of nitrogens with one attached hydrogen (secondary N) is 2. The van der Waals surface area contributed by atoms with Gasteiger partial charge in [0.05, 0.1) is 19.4 Å². The lowest BCUT2D eigenvalue weighted by Gasteiger charge is -2.17. The van der Waals surface area contributed by atoms with Crippen LogP contribution in [-0.4, -0.2) is 38.8 Å². The van der Waals surface area contributed by atoms with E-state index in [4.69, 9.17) is 9.15 Å². The Kier molecular flexibility index (Phi) is 6.44. The number of aliphatic imine (C=N–C) groups is 1. The summed E-state index contributed by atoms with van der Waals surface area (Å²) >= 11 is 0. The summed E-state index contributed by atoms with van der Waals surface area (Å²) in [6, 6.07) is 4.47. The monoisotopic (exact) mass is 279 g/mol. The molecule has 0 radical (unpaired) electrons. The Morgan fingerprint density at radius 3 is 3.00 bits per heavy atom. The van der Waals surface area contributed by atoms with Gasteiger partial charge in [0.15, 0.2) is 5.96 Å². The minimum absolute atomic E-state index is 0.562. The van der Waals surface area contributed by atoms with Crippen LogP contribution in [0.15, 0.2) is 27.8 Å². The number of hydrogen-bond donors (Lipinski definition) is 2. The standard InChI is InChI=1S/C15H25N3O2/c1-19-12-10-17-15(18-13-5-2-3-6-13)16-9-8-14-7-4-11-20-14/h4,7,11,13H,2-3,5-6,8-10,12H2,1H3,(H2,16,17,18). The maximum Gasteiger partial charge on any atom is 0.191 e. The molecule has 1 heterocycles. The largest absolute Gasteiger partial charge is 0.469 e. The van der Waals surface area contributed by atoms with E-state index in [-0.39, 0.29) is 0 Å². The summed E-state index contributed by atoms with van der Waals surface area (Å²) in [5.74, 6) is 1.88. The summed E-state index contributed by atoms with van der Waals surface area (Å²) in [7, 11) is 1.70. The van der Waals surface area contributed by atoms with Gasteiger partial charge in [-0.1, -0.05) is 12.8 Å². The minimum Gasteiger partial charge on any atom is -0.469 e. The quantitative estimate of drug-likeness (QED) is 0.455. The highest BCUT2D eigenvalue weighted by molar-refractivity contribution is 5.80. The van der Waals surface area contributed by atoms with Crippen molar-refractivity contribution in [2.45, 2.75) is 38.1 Å². The first-order valence-electron chi connectivity index (χ1n) is 7.44. The van der Waals surface area contributed by atoms with Gasteiger partial charge in [-0.2, -0.15) is 0 Å². The summed E-state index contributed by atoms with van der Waals surface area (Å²) in [4.78, 5) is 4.53. The summed E-state index contributed by atoms with van der Waals surface area (Å²) in [6.45, 7) is 2.15. The molecule has 5 heteroatoms. The molecule has 1 aliphatic rings. The van der Waals surface area contributed by atoms with Crippen molar-refractivity contribution < 1.29 is 9.15 Å². The minimum atomic E-state index is 0.562. The van der Waals surface area contributed by atoms with Gasteiger partial charge in [0.2, 0.25) is 0 Å². The fourth-order valence-electron chi connectivity index (χ4n) is 2.42. The summed E-state index contributed by atoms with van der Waals surface area (Å²) in [5, 5.41) is 6.87. The van der Waals surface area contributed by atoms with Crippen LogP contribution in [0, 0.1) is 0 Å². The first-order chi connectivity index (χ1) is 9.88. The van der Waals surface area contributed by atoms with Crippen molar-refractivity contribution in [2.75, 3.05) is 26.8 Å². The van der Waals surface area contributed by atoms with Crippen LogP contribution in [0.4, 0.5) is 0 Å². The second kappa shape index (κ2) is 8.64. The molecule has 5 nitrogen and oxygen atoms in total. The van der Waals surface area contributed by atoms with Gasteiger partial charge in [-0.15, -0.1) is 0 Å². The molecule has 0 aromatic carbocycles. The fraction of sp³-hybridized carbons (Fsp3) is 0.667. The average Bonchev–Trinajstić information content (AvgIpc) is 3.12. The van der Waals surface area contributed by atoms with E-state index in [1.807, 2.05) is 12.1 Å². The molecule has 0 amide bonds. The Bertz CT molecular complexity index is 384. The average molecular weight is 279 g/mol. The lowest BCUT2D eigenvalue weighted by atomic mass is 10.2. The summed E-state index contributed by atoms with van der Waals surface area (Å²) in [6.07, 6.45) is 7.68. The van der Waals surface area contributed by atoms with Crippen LogP contribution < -0.4 is 10.6 Å². The van der Waals surface area contributed by atoms with Crippen molar-refractivity contribution in [2.24, 2.45) is 4.99 Å². The van der Waals surface area contributed by atoms with Gasteiger partial charge in [0.1, 0.15) is 5.76 Å². The van der Waals surface area contributed by atoms with Crippen LogP contribution in [0.3, 0.4) is 0 Å². The third kappa shape index (κ3) is 5.25. The zero-order valence-corrected chi connectivity index (χ0v) is 12.2. The number of rotatable bonds is 7. The van der Waals surface area contributed by atoms with E-state index in [9.17, 15) is 0 Å². The van der Waals surface area contributed by atoms with Crippen LogP contribution in [0.1, 0.15) is 31.4 Å². The maximum absolute atomic E-state index is 5.33. The lowest BCUT2D eigenvalue weighted by Crippen LogP contribution is -2.43. The molecule has 1 aromatic rings. The molecular weight excluding hydrogens is 254 g/mol. The topological polar surface area (TPSA) is 58.8 Å². The molecule has 1 saturated carbocycles. The molecule has 2 rings (SSSR count). The van der Waals surface area contributed by atoms with Gasteiger partial charge < -0.3 is 19.8 Å². The molecule has 0 unspecified atom stereocenters. The van der Waals surface area contributed by atoms with Crippen LogP contribution in [0.2, 0.25) is 0 Å². The lowest BCUT2D eigenvalue weighted by molar-refractivity contribution is 0.208. The zero-order chi connectivity index (χ0) is 14.0. The molecule has 1 aromatic heterocycles. The van der Waals surface area contributed by atoms with E-state index < -0.39 is 0 Å². The number of furan rings is 1. The summed E-state index contributed by atoms with van der Waals surface area (Å²) < 4.78 is 10.4. The van der Waals surface area contributed by atoms with Crippen molar-refractivity contribution in [3.63, 3.8) is 0 Å². The third-order valence-corrected chi connectivity index (χ3v) is 3.51. The molecule has 0 bridgehead atoms. The van der Waals surface area contributed by atoms with Crippen molar-refractivity contribution in [1.29, 1.82) is 0 Å². The van der Waals surface area contributed by atoms with Gasteiger partial charge in [0.25, 0.3) is 0 Å². The predicted molar refractivity (Wildman–Crippen MR) is 80.0 cm³/mol. The van der Waals surface area contributed by atoms with Crippen molar-refractivity contribution in [3.05, 3.63) is 24.2 Å². The molecular formula is C15H25N3O2. The number of guanidine groups is 1. The van der Waals surface area contributed by atoms with Crippen molar-refractivity contribution in [1.82, 2.24) is 10.6 Å². The molecule has 0 aliphatic heterocycles. The Hall–Kier alpha value is -1.49. The first kappa shape index (κ1) is 14.9. The zero-order valence-electron chi connectivity index (χ0n) is 12.2. The molecule has 0 spiro atoms. The maximum atomic E-state index is 5.33. The molecule has 1 aliphatic carbocycles. The summed E-state index contributed by atoms with van der Waals surface area (Å²) in [5.41, 5.74) is 0. The number of methoxy groups -OCH3 is 1. The van der Waals surface area contributed by atoms with Gasteiger partial charge in [-0.25, -0.2) is 0 Å². The second-order valence-corrected chi connectivity index (χ2v) is 5.10. The molecule has 1 fully saturated rings. The highest BCUT2D eigenvalue weighted by Crippen LogP contribution is 2.17. The first-order valence-corrected chi connectivity index (χ1v) is 7.44. The van der Waals surface area contributed by atoms with E-state index in [1.165, 1.54) is 25.7 Å². The van der Waals surface area contributed by atoms with E-state index in [1.54, 1.807) is 13.4 Å². The van der Waals surface area contributed by atoms with Crippen molar-refractivity contribution in [3.8, 4) is 0 Å². The molecule has 2 N–H and O–H groups in total. The van der Waals surface area contributed by atoms with E-state index in [2.05, 4.69) is 15.6 Å². The Balaban J connectivity index is 1.76. The highest BCUT2D eigenvalue weighted by atomic mass is 16.5. The van der Waals surface area contributed by atoms with Gasteiger partial charge in [-0.3, -0.25) is 4.99 Å². The van der Waals surface area contributed by atoms with Crippen LogP contribution in [0.25, 0.3) is 0 Å². The van der Waals surface area contributed by atoms with E-state index >= 15 is 0 Å². The van der Waals surface area contributed by atoms with Crippen molar-refractivity contribution >= 4 is 5.96 Å². The molecule has 112 valence electrons. The third-order valence-electron chi connectivity index (χ3n) is 3.51. The van der Waals surface area contributed by atoms with E-state index in [0.717, 1.165) is 24.7 Å². The smallest absolute Gasteiger partial charge is 0.191 e.